The van der Waals surface area contributed by atoms with Crippen molar-refractivity contribution < 1.29 is 18.3 Å². The third kappa shape index (κ3) is 6.02. The van der Waals surface area contributed by atoms with E-state index >= 15 is 0 Å². The second-order valence-corrected chi connectivity index (χ2v) is 6.86. The van der Waals surface area contributed by atoms with Crippen molar-refractivity contribution in [3.63, 3.8) is 0 Å². The third-order valence-electron chi connectivity index (χ3n) is 3.59. The van der Waals surface area contributed by atoms with Gasteiger partial charge in [0, 0.05) is 11.1 Å². The van der Waals surface area contributed by atoms with Crippen molar-refractivity contribution in [2.45, 2.75) is 26.1 Å². The molecule has 27 heavy (non-hydrogen) atoms. The third-order valence-corrected chi connectivity index (χ3v) is 4.14. The van der Waals surface area contributed by atoms with Crippen LogP contribution in [0.25, 0.3) is 0 Å². The first-order chi connectivity index (χ1) is 12.6. The van der Waals surface area contributed by atoms with Gasteiger partial charge in [-0.1, -0.05) is 37.0 Å². The molecule has 0 radical (unpaired) electrons. The molecule has 0 fully saturated rings. The molecule has 0 amide bonds. The lowest BCUT2D eigenvalue weighted by atomic mass is 10.1. The summed E-state index contributed by atoms with van der Waals surface area (Å²) in [7, 11) is 0. The number of rotatable bonds is 7. The van der Waals surface area contributed by atoms with Crippen LogP contribution in [0.4, 0.5) is 30.6 Å². The quantitative estimate of drug-likeness (QED) is 0.484. The van der Waals surface area contributed by atoms with E-state index in [9.17, 15) is 18.3 Å². The molecule has 2 rings (SSSR count). The van der Waals surface area contributed by atoms with E-state index in [0.717, 1.165) is 6.07 Å². The fourth-order valence-electron chi connectivity index (χ4n) is 2.03. The van der Waals surface area contributed by atoms with E-state index in [1.54, 1.807) is 12.1 Å². The topological polar surface area (TPSA) is 82.1 Å². The number of aromatic nitrogens is 2. The number of benzene rings is 1. The van der Waals surface area contributed by atoms with Crippen LogP contribution in [0, 0.1) is 5.92 Å². The lowest BCUT2D eigenvalue weighted by Crippen LogP contribution is -2.31. The van der Waals surface area contributed by atoms with E-state index in [1.165, 1.54) is 6.07 Å². The van der Waals surface area contributed by atoms with Crippen LogP contribution >= 0.6 is 23.2 Å². The average molecular weight is 424 g/mol. The fraction of sp³-hybridized carbons (Fsp3) is 0.375. The van der Waals surface area contributed by atoms with Crippen molar-refractivity contribution in [3.8, 4) is 0 Å². The number of nitrogens with zero attached hydrogens (tertiary/aromatic N) is 2. The molecule has 1 aromatic carbocycles. The molecular weight excluding hydrogens is 406 g/mol. The molecule has 1 aromatic heterocycles. The highest BCUT2D eigenvalue weighted by molar-refractivity contribution is 6.36. The van der Waals surface area contributed by atoms with Crippen molar-refractivity contribution in [1.29, 1.82) is 0 Å². The number of hydrogen-bond donors (Lipinski definition) is 4. The van der Waals surface area contributed by atoms with Crippen LogP contribution in [0.5, 0.6) is 0 Å². The fourth-order valence-corrected chi connectivity index (χ4v) is 2.49. The number of nitrogens with one attached hydrogen (secondary N) is 3. The Balaban J connectivity index is 2.27. The smallest absolute Gasteiger partial charge is 0.394 e. The van der Waals surface area contributed by atoms with Crippen LogP contribution in [-0.4, -0.2) is 27.7 Å². The van der Waals surface area contributed by atoms with Gasteiger partial charge in [-0.25, -0.2) is 4.98 Å². The van der Waals surface area contributed by atoms with Crippen molar-refractivity contribution in [3.05, 3.63) is 40.0 Å². The van der Waals surface area contributed by atoms with Gasteiger partial charge in [0.15, 0.2) is 11.5 Å². The summed E-state index contributed by atoms with van der Waals surface area (Å²) in [6.45, 7) is 3.34. The molecule has 11 heteroatoms. The zero-order chi connectivity index (χ0) is 20.2. The van der Waals surface area contributed by atoms with Crippen molar-refractivity contribution in [2.75, 3.05) is 22.8 Å². The second kappa shape index (κ2) is 8.81. The number of hydrogen-bond acceptors (Lipinski definition) is 6. The van der Waals surface area contributed by atoms with Gasteiger partial charge in [0.05, 0.1) is 23.4 Å². The predicted molar refractivity (Wildman–Crippen MR) is 100 cm³/mol. The number of halogens is 5. The summed E-state index contributed by atoms with van der Waals surface area (Å²) in [5.74, 6) is -0.439. The van der Waals surface area contributed by atoms with E-state index in [-0.39, 0.29) is 29.3 Å². The number of aliphatic hydroxyl groups is 1. The zero-order valence-corrected chi connectivity index (χ0v) is 15.9. The summed E-state index contributed by atoms with van der Waals surface area (Å²) in [5, 5.41) is 12.8. The van der Waals surface area contributed by atoms with Crippen molar-refractivity contribution in [2.24, 2.45) is 5.92 Å². The Kier molecular flexibility index (Phi) is 6.96. The molecule has 0 aliphatic rings. The van der Waals surface area contributed by atoms with Gasteiger partial charge in [-0.2, -0.15) is 18.2 Å². The Labute approximate surface area is 164 Å². The largest absolute Gasteiger partial charge is 0.433 e. The van der Waals surface area contributed by atoms with E-state index in [4.69, 9.17) is 23.2 Å². The van der Waals surface area contributed by atoms with Crippen molar-refractivity contribution in [1.82, 2.24) is 9.97 Å². The van der Waals surface area contributed by atoms with Gasteiger partial charge in [-0.3, -0.25) is 10.9 Å². The summed E-state index contributed by atoms with van der Waals surface area (Å²) in [5.41, 5.74) is 4.51. The molecule has 0 spiro atoms. The zero-order valence-electron chi connectivity index (χ0n) is 14.4. The standard InChI is InChI=1S/C16H18Cl2F3N5O/c1-8(2)12(7-27)22-15-23-13(16(19,20)21)6-14(24-15)26-25-11-4-3-9(17)5-10(11)18/h3-6,8,12,25,27H,7H2,1-2H3,(H2,22,23,24,26)/t12-/m1/s1. The summed E-state index contributed by atoms with van der Waals surface area (Å²) in [4.78, 5) is 7.49. The van der Waals surface area contributed by atoms with Gasteiger partial charge in [0.25, 0.3) is 0 Å². The van der Waals surface area contributed by atoms with Crippen molar-refractivity contribution >= 4 is 40.7 Å². The minimum absolute atomic E-state index is 0.0458. The summed E-state index contributed by atoms with van der Waals surface area (Å²) in [6.07, 6.45) is -4.67. The minimum atomic E-state index is -4.67. The summed E-state index contributed by atoms with van der Waals surface area (Å²) in [6, 6.07) is 4.87. The molecule has 0 saturated carbocycles. The van der Waals surface area contributed by atoms with Gasteiger partial charge in [-0.05, 0) is 24.1 Å². The first-order valence-corrected chi connectivity index (χ1v) is 8.66. The Bertz CT molecular complexity index is 789. The van der Waals surface area contributed by atoms with Gasteiger partial charge in [0.2, 0.25) is 5.95 Å². The molecule has 6 nitrogen and oxygen atoms in total. The van der Waals surface area contributed by atoms with Gasteiger partial charge in [-0.15, -0.1) is 0 Å². The summed E-state index contributed by atoms with van der Waals surface area (Å²) < 4.78 is 39.4. The molecule has 1 heterocycles. The molecule has 2 aromatic rings. The molecule has 0 aliphatic carbocycles. The first-order valence-electron chi connectivity index (χ1n) is 7.91. The highest BCUT2D eigenvalue weighted by Crippen LogP contribution is 2.30. The Morgan fingerprint density at radius 3 is 2.37 bits per heavy atom. The maximum Gasteiger partial charge on any atom is 0.433 e. The lowest BCUT2D eigenvalue weighted by molar-refractivity contribution is -0.141. The highest BCUT2D eigenvalue weighted by Gasteiger charge is 2.34. The number of anilines is 3. The SMILES string of the molecule is CC(C)[C@@H](CO)Nc1nc(NNc2ccc(Cl)cc2Cl)cc(C(F)(F)F)n1. The number of alkyl halides is 3. The van der Waals surface area contributed by atoms with E-state index in [1.807, 2.05) is 13.8 Å². The summed E-state index contributed by atoms with van der Waals surface area (Å²) >= 11 is 11.8. The van der Waals surface area contributed by atoms with E-state index in [2.05, 4.69) is 26.1 Å². The molecule has 0 unspecified atom stereocenters. The second-order valence-electron chi connectivity index (χ2n) is 6.01. The predicted octanol–water partition coefficient (Wildman–Crippen LogP) is 4.67. The Morgan fingerprint density at radius 1 is 1.11 bits per heavy atom. The van der Waals surface area contributed by atoms with Crippen LogP contribution in [0.2, 0.25) is 10.0 Å². The molecule has 4 N–H and O–H groups in total. The average Bonchev–Trinajstić information content (AvgIpc) is 2.57. The number of aliphatic hydroxyl groups excluding tert-OH is 1. The normalized spacial score (nSPS) is 12.8. The molecule has 0 aliphatic heterocycles. The van der Waals surface area contributed by atoms with Crippen LogP contribution in [0.3, 0.4) is 0 Å². The molecule has 1 atom stereocenters. The van der Waals surface area contributed by atoms with E-state index in [0.29, 0.717) is 10.7 Å². The minimum Gasteiger partial charge on any atom is -0.394 e. The monoisotopic (exact) mass is 423 g/mol. The molecular formula is C16H18Cl2F3N5O. The molecule has 0 saturated heterocycles. The van der Waals surface area contributed by atoms with Crippen LogP contribution in [0.15, 0.2) is 24.3 Å². The van der Waals surface area contributed by atoms with Crippen LogP contribution < -0.4 is 16.2 Å². The Morgan fingerprint density at radius 2 is 1.81 bits per heavy atom. The molecule has 0 bridgehead atoms. The van der Waals surface area contributed by atoms with E-state index < -0.39 is 17.9 Å². The highest BCUT2D eigenvalue weighted by atomic mass is 35.5. The van der Waals surface area contributed by atoms with Crippen LogP contribution in [-0.2, 0) is 6.18 Å². The maximum absolute atomic E-state index is 13.1. The van der Waals surface area contributed by atoms with Gasteiger partial charge >= 0.3 is 6.18 Å². The molecule has 148 valence electrons. The number of hydrazine groups is 1. The van der Waals surface area contributed by atoms with Crippen LogP contribution in [0.1, 0.15) is 19.5 Å². The Hall–Kier alpha value is -1.97. The lowest BCUT2D eigenvalue weighted by Gasteiger charge is -2.21. The van der Waals surface area contributed by atoms with Gasteiger partial charge in [0.1, 0.15) is 0 Å². The first kappa shape index (κ1) is 21.3. The van der Waals surface area contributed by atoms with Gasteiger partial charge < -0.3 is 10.4 Å². The maximum atomic E-state index is 13.1.